The van der Waals surface area contributed by atoms with Gasteiger partial charge in [-0.05, 0) is 23.0 Å². The van der Waals surface area contributed by atoms with E-state index in [0.717, 1.165) is 5.75 Å². The second-order valence-electron chi connectivity index (χ2n) is 7.45. The summed E-state index contributed by atoms with van der Waals surface area (Å²) in [4.78, 5) is 1.33. The minimum atomic E-state index is -0.687. The van der Waals surface area contributed by atoms with E-state index in [1.807, 2.05) is 6.07 Å². The van der Waals surface area contributed by atoms with Crippen molar-refractivity contribution in [3.8, 4) is 0 Å². The van der Waals surface area contributed by atoms with Crippen molar-refractivity contribution < 1.29 is 5.11 Å². The first-order valence-electron chi connectivity index (χ1n) is 6.89. The molecule has 1 atom stereocenters. The zero-order valence-corrected chi connectivity index (χ0v) is 14.3. The second kappa shape index (κ2) is 5.49. The third kappa shape index (κ3) is 3.55. The lowest BCUT2D eigenvalue weighted by Crippen LogP contribution is -2.57. The predicted molar refractivity (Wildman–Crippen MR) is 86.7 cm³/mol. The van der Waals surface area contributed by atoms with Crippen molar-refractivity contribution in [1.82, 2.24) is 0 Å². The zero-order chi connectivity index (χ0) is 14.9. The Morgan fingerprint density at radius 2 is 1.32 bits per heavy atom. The minimum absolute atomic E-state index is 0.0542. The van der Waals surface area contributed by atoms with E-state index in [4.69, 9.17) is 0 Å². The van der Waals surface area contributed by atoms with Gasteiger partial charge in [-0.2, -0.15) is 0 Å². The van der Waals surface area contributed by atoms with Gasteiger partial charge in [0.2, 0.25) is 0 Å². The average molecular weight is 281 g/mol. The van der Waals surface area contributed by atoms with Gasteiger partial charge in [0.25, 0.3) is 0 Å². The first-order chi connectivity index (χ1) is 8.49. The van der Waals surface area contributed by atoms with Gasteiger partial charge in [0.15, 0.2) is 4.90 Å². The summed E-state index contributed by atoms with van der Waals surface area (Å²) >= 11 is 0. The van der Waals surface area contributed by atoms with Crippen LogP contribution in [0.1, 0.15) is 41.5 Å². The van der Waals surface area contributed by atoms with E-state index in [1.165, 1.54) is 4.90 Å². The fourth-order valence-electron chi connectivity index (χ4n) is 2.61. The largest absolute Gasteiger partial charge is 0.384 e. The molecule has 0 heterocycles. The van der Waals surface area contributed by atoms with E-state index in [0.29, 0.717) is 0 Å². The monoisotopic (exact) mass is 281 g/mol. The van der Waals surface area contributed by atoms with Gasteiger partial charge in [-0.1, -0.05) is 59.7 Å². The third-order valence-corrected chi connectivity index (χ3v) is 5.98. The highest BCUT2D eigenvalue weighted by molar-refractivity contribution is 7.96. The second-order valence-corrected chi connectivity index (χ2v) is 9.49. The van der Waals surface area contributed by atoms with Gasteiger partial charge >= 0.3 is 0 Å². The first kappa shape index (κ1) is 16.6. The molecule has 0 saturated heterocycles. The maximum Gasteiger partial charge on any atom is 0.154 e. The SMILES string of the molecule is C[S+](CC(O)(C(C)(C)C)C(C)(C)C)c1ccccc1. The van der Waals surface area contributed by atoms with Crippen molar-refractivity contribution in [3.63, 3.8) is 0 Å². The number of hydrogen-bond donors (Lipinski definition) is 1. The molecule has 0 spiro atoms. The number of rotatable bonds is 3. The highest BCUT2D eigenvalue weighted by atomic mass is 32.2. The van der Waals surface area contributed by atoms with Crippen LogP contribution in [0.5, 0.6) is 0 Å². The van der Waals surface area contributed by atoms with Crippen molar-refractivity contribution in [3.05, 3.63) is 30.3 Å². The van der Waals surface area contributed by atoms with Crippen LogP contribution in [-0.2, 0) is 10.9 Å². The quantitative estimate of drug-likeness (QED) is 0.826. The molecule has 0 aliphatic carbocycles. The van der Waals surface area contributed by atoms with Crippen molar-refractivity contribution >= 4 is 10.9 Å². The standard InChI is InChI=1S/C17H29OS/c1-15(2,3)17(18,16(4,5)6)13-19(7)14-11-9-8-10-12-14/h8-12,18H,13H2,1-7H3/q+1. The Labute approximate surface area is 121 Å². The van der Waals surface area contributed by atoms with Crippen LogP contribution < -0.4 is 0 Å². The summed E-state index contributed by atoms with van der Waals surface area (Å²) in [5.41, 5.74) is -0.962. The van der Waals surface area contributed by atoms with Crippen molar-refractivity contribution in [2.75, 3.05) is 12.0 Å². The minimum Gasteiger partial charge on any atom is -0.384 e. The van der Waals surface area contributed by atoms with Gasteiger partial charge in [-0.15, -0.1) is 0 Å². The topological polar surface area (TPSA) is 20.2 Å². The molecule has 1 unspecified atom stereocenters. The summed E-state index contributed by atoms with van der Waals surface area (Å²) in [6, 6.07) is 10.5. The van der Waals surface area contributed by atoms with E-state index in [-0.39, 0.29) is 21.7 Å². The molecular weight excluding hydrogens is 252 g/mol. The Morgan fingerprint density at radius 1 is 0.895 bits per heavy atom. The van der Waals surface area contributed by atoms with Crippen LogP contribution in [0.4, 0.5) is 0 Å². The summed E-state index contributed by atoms with van der Waals surface area (Å²) in [6.07, 6.45) is 2.23. The molecule has 19 heavy (non-hydrogen) atoms. The molecule has 0 saturated carbocycles. The maximum absolute atomic E-state index is 11.3. The molecule has 1 rings (SSSR count). The van der Waals surface area contributed by atoms with Crippen LogP contribution in [-0.4, -0.2) is 22.7 Å². The summed E-state index contributed by atoms with van der Waals surface area (Å²) in [5.74, 6) is 0.810. The van der Waals surface area contributed by atoms with Gasteiger partial charge in [-0.25, -0.2) is 0 Å². The lowest BCUT2D eigenvalue weighted by Gasteiger charge is -2.48. The molecule has 1 nitrogen and oxygen atoms in total. The predicted octanol–water partition coefficient (Wildman–Crippen LogP) is 4.12. The highest BCUT2D eigenvalue weighted by Gasteiger charge is 2.53. The lowest BCUT2D eigenvalue weighted by molar-refractivity contribution is -0.117. The summed E-state index contributed by atoms with van der Waals surface area (Å²) in [5, 5.41) is 11.3. The molecule has 2 heteroatoms. The fraction of sp³-hybridized carbons (Fsp3) is 0.647. The Hall–Kier alpha value is -0.470. The molecule has 1 aromatic rings. The molecule has 0 aliphatic heterocycles. The Morgan fingerprint density at radius 3 is 1.68 bits per heavy atom. The van der Waals surface area contributed by atoms with Gasteiger partial charge in [0.05, 0.1) is 0 Å². The van der Waals surface area contributed by atoms with Crippen LogP contribution in [0.3, 0.4) is 0 Å². The lowest BCUT2D eigenvalue weighted by atomic mass is 9.63. The fourth-order valence-corrected chi connectivity index (χ4v) is 4.89. The van der Waals surface area contributed by atoms with E-state index < -0.39 is 5.60 Å². The van der Waals surface area contributed by atoms with Crippen molar-refractivity contribution in [2.24, 2.45) is 10.8 Å². The molecule has 1 N–H and O–H groups in total. The van der Waals surface area contributed by atoms with Gasteiger partial charge in [0, 0.05) is 10.9 Å². The molecular formula is C17H29OS+. The summed E-state index contributed by atoms with van der Waals surface area (Å²) < 4.78 is 0. The number of aliphatic hydroxyl groups is 1. The summed E-state index contributed by atoms with van der Waals surface area (Å²) in [7, 11) is 0.0542. The molecule has 0 amide bonds. The molecule has 0 fully saturated rings. The Balaban J connectivity index is 3.04. The van der Waals surface area contributed by atoms with E-state index in [1.54, 1.807) is 0 Å². The molecule has 0 radical (unpaired) electrons. The first-order valence-corrected chi connectivity index (χ1v) is 8.69. The Kier molecular flexibility index (Phi) is 4.79. The van der Waals surface area contributed by atoms with Gasteiger partial charge < -0.3 is 5.11 Å². The number of hydrogen-bond acceptors (Lipinski definition) is 1. The highest BCUT2D eigenvalue weighted by Crippen LogP contribution is 2.45. The molecule has 0 aromatic heterocycles. The zero-order valence-electron chi connectivity index (χ0n) is 13.4. The van der Waals surface area contributed by atoms with E-state index in [2.05, 4.69) is 72.1 Å². The molecule has 108 valence electrons. The third-order valence-electron chi connectivity index (χ3n) is 4.05. The average Bonchev–Trinajstić information content (AvgIpc) is 2.27. The normalized spacial score (nSPS) is 15.4. The van der Waals surface area contributed by atoms with Crippen LogP contribution in [0.2, 0.25) is 0 Å². The maximum atomic E-state index is 11.3. The van der Waals surface area contributed by atoms with Gasteiger partial charge in [0.1, 0.15) is 17.6 Å². The van der Waals surface area contributed by atoms with Gasteiger partial charge in [-0.3, -0.25) is 0 Å². The molecule has 0 aliphatic rings. The van der Waals surface area contributed by atoms with Crippen LogP contribution in [0, 0.1) is 10.8 Å². The summed E-state index contributed by atoms with van der Waals surface area (Å²) in [6.45, 7) is 12.8. The number of benzene rings is 1. The van der Waals surface area contributed by atoms with E-state index >= 15 is 0 Å². The van der Waals surface area contributed by atoms with Crippen molar-refractivity contribution in [2.45, 2.75) is 52.0 Å². The van der Waals surface area contributed by atoms with Crippen LogP contribution >= 0.6 is 0 Å². The Bertz CT molecular complexity index is 384. The molecule has 1 aromatic carbocycles. The van der Waals surface area contributed by atoms with E-state index in [9.17, 15) is 5.11 Å². The molecule has 0 bridgehead atoms. The smallest absolute Gasteiger partial charge is 0.154 e. The van der Waals surface area contributed by atoms with Crippen molar-refractivity contribution in [1.29, 1.82) is 0 Å². The van der Waals surface area contributed by atoms with Crippen LogP contribution in [0.15, 0.2) is 35.2 Å². The van der Waals surface area contributed by atoms with Crippen LogP contribution in [0.25, 0.3) is 0 Å².